The summed E-state index contributed by atoms with van der Waals surface area (Å²) in [6.45, 7) is 3.46. The van der Waals surface area contributed by atoms with Crippen LogP contribution in [0.15, 0.2) is 11.6 Å². The van der Waals surface area contributed by atoms with Gasteiger partial charge in [-0.25, -0.2) is 4.98 Å². The second kappa shape index (κ2) is 6.49. The van der Waals surface area contributed by atoms with E-state index in [1.807, 2.05) is 11.6 Å². The topological polar surface area (TPSA) is 51.7 Å². The molecule has 0 unspecified atom stereocenters. The smallest absolute Gasteiger partial charge is 0.225 e. The molecule has 0 radical (unpaired) electrons. The molecule has 2 saturated carbocycles. The van der Waals surface area contributed by atoms with Crippen LogP contribution in [0.4, 0.5) is 0 Å². The number of hydrogen-bond donors (Lipinski definition) is 0. The predicted octanol–water partition coefficient (Wildman–Crippen LogP) is 2.47. The maximum atomic E-state index is 12.4. The third kappa shape index (κ3) is 3.30. The third-order valence-electron chi connectivity index (χ3n) is 5.37. The summed E-state index contributed by atoms with van der Waals surface area (Å²) in [6, 6.07) is 0. The second-order valence-corrected chi connectivity index (χ2v) is 7.96. The average Bonchev–Trinajstić information content (AvgIpc) is 3.17. The van der Waals surface area contributed by atoms with E-state index in [1.54, 1.807) is 11.3 Å². The molecule has 3 aliphatic rings. The standard InChI is InChI=1S/C17H24N2O3S/c20-16(13-3-4-13)19-7-8-22-17(12-19)5-1-2-14(17)10-21-11-15-18-6-9-23-15/h6,9,13-14H,1-5,7-8,10-12H2/t14-,17+/m0/s1. The minimum atomic E-state index is -0.175. The van der Waals surface area contributed by atoms with E-state index in [0.29, 0.717) is 37.6 Å². The van der Waals surface area contributed by atoms with Crippen LogP contribution in [0.2, 0.25) is 0 Å². The van der Waals surface area contributed by atoms with Crippen LogP contribution in [0.3, 0.4) is 0 Å². The molecule has 4 rings (SSSR count). The van der Waals surface area contributed by atoms with Crippen LogP contribution in [0.5, 0.6) is 0 Å². The number of hydrogen-bond acceptors (Lipinski definition) is 5. The lowest BCUT2D eigenvalue weighted by Crippen LogP contribution is -2.56. The zero-order valence-corrected chi connectivity index (χ0v) is 14.2. The van der Waals surface area contributed by atoms with Gasteiger partial charge in [-0.15, -0.1) is 11.3 Å². The number of thiazole rings is 1. The van der Waals surface area contributed by atoms with Gasteiger partial charge in [0.05, 0.1) is 32.0 Å². The van der Waals surface area contributed by atoms with Crippen LogP contribution in [-0.2, 0) is 20.9 Å². The van der Waals surface area contributed by atoms with Crippen LogP contribution < -0.4 is 0 Å². The molecule has 2 aliphatic carbocycles. The number of carbonyl (C=O) groups is 1. The molecule has 6 heteroatoms. The Hall–Kier alpha value is -0.980. The van der Waals surface area contributed by atoms with E-state index in [4.69, 9.17) is 9.47 Å². The Labute approximate surface area is 141 Å². The molecule has 1 aromatic rings. The van der Waals surface area contributed by atoms with Gasteiger partial charge in [0.15, 0.2) is 0 Å². The Morgan fingerprint density at radius 2 is 2.39 bits per heavy atom. The van der Waals surface area contributed by atoms with Gasteiger partial charge in [0.2, 0.25) is 5.91 Å². The summed E-state index contributed by atoms with van der Waals surface area (Å²) >= 11 is 1.63. The summed E-state index contributed by atoms with van der Waals surface area (Å²) < 4.78 is 12.1. The summed E-state index contributed by atoms with van der Waals surface area (Å²) in [4.78, 5) is 18.7. The van der Waals surface area contributed by atoms with E-state index in [1.165, 1.54) is 0 Å². The monoisotopic (exact) mass is 336 g/mol. The van der Waals surface area contributed by atoms with Gasteiger partial charge in [-0.05, 0) is 25.7 Å². The highest BCUT2D eigenvalue weighted by molar-refractivity contribution is 7.09. The lowest BCUT2D eigenvalue weighted by atomic mass is 9.89. The quantitative estimate of drug-likeness (QED) is 0.829. The normalized spacial score (nSPS) is 31.0. The van der Waals surface area contributed by atoms with E-state index in [9.17, 15) is 4.79 Å². The molecule has 0 bridgehead atoms. The minimum Gasteiger partial charge on any atom is -0.374 e. The van der Waals surface area contributed by atoms with Crippen molar-refractivity contribution in [3.8, 4) is 0 Å². The van der Waals surface area contributed by atoms with Gasteiger partial charge in [-0.3, -0.25) is 4.79 Å². The van der Waals surface area contributed by atoms with Crippen molar-refractivity contribution in [3.63, 3.8) is 0 Å². The lowest BCUT2D eigenvalue weighted by molar-refractivity contribution is -0.163. The fourth-order valence-corrected chi connectivity index (χ4v) is 4.50. The van der Waals surface area contributed by atoms with Crippen molar-refractivity contribution >= 4 is 17.2 Å². The number of amides is 1. The summed E-state index contributed by atoms with van der Waals surface area (Å²) in [6.07, 6.45) is 7.30. The van der Waals surface area contributed by atoms with Crippen molar-refractivity contribution in [3.05, 3.63) is 16.6 Å². The molecule has 0 N–H and O–H groups in total. The summed E-state index contributed by atoms with van der Waals surface area (Å²) in [5.74, 6) is 1.03. The number of carbonyl (C=O) groups excluding carboxylic acids is 1. The van der Waals surface area contributed by atoms with Crippen molar-refractivity contribution in [2.24, 2.45) is 11.8 Å². The summed E-state index contributed by atoms with van der Waals surface area (Å²) in [5.41, 5.74) is -0.175. The average molecular weight is 336 g/mol. The second-order valence-electron chi connectivity index (χ2n) is 6.98. The van der Waals surface area contributed by atoms with Gasteiger partial charge in [0, 0.05) is 30.0 Å². The fourth-order valence-electron chi connectivity index (χ4n) is 3.94. The first-order chi connectivity index (χ1) is 11.3. The van der Waals surface area contributed by atoms with Crippen molar-refractivity contribution in [2.75, 3.05) is 26.3 Å². The van der Waals surface area contributed by atoms with Gasteiger partial charge in [-0.2, -0.15) is 0 Å². The minimum absolute atomic E-state index is 0.175. The van der Waals surface area contributed by atoms with E-state index < -0.39 is 0 Å². The van der Waals surface area contributed by atoms with E-state index in [2.05, 4.69) is 9.88 Å². The highest BCUT2D eigenvalue weighted by atomic mass is 32.1. The predicted molar refractivity (Wildman–Crippen MR) is 87.1 cm³/mol. The van der Waals surface area contributed by atoms with Gasteiger partial charge < -0.3 is 14.4 Å². The number of nitrogens with zero attached hydrogens (tertiary/aromatic N) is 2. The van der Waals surface area contributed by atoms with Crippen LogP contribution in [0, 0.1) is 11.8 Å². The highest BCUT2D eigenvalue weighted by Crippen LogP contribution is 2.42. The molecule has 1 aliphatic heterocycles. The van der Waals surface area contributed by atoms with Gasteiger partial charge >= 0.3 is 0 Å². The Morgan fingerprint density at radius 3 is 3.17 bits per heavy atom. The first-order valence-corrected chi connectivity index (χ1v) is 9.54. The molecular formula is C17H24N2O3S. The summed E-state index contributed by atoms with van der Waals surface area (Å²) in [5, 5.41) is 2.99. The number of rotatable bonds is 5. The SMILES string of the molecule is O=C(C1CC1)N1CCO[C@]2(CCC[C@H]2COCc2nccs2)C1. The molecule has 1 amide bonds. The van der Waals surface area contributed by atoms with Gasteiger partial charge in [-0.1, -0.05) is 6.42 Å². The molecular weight excluding hydrogens is 312 g/mol. The van der Waals surface area contributed by atoms with Crippen molar-refractivity contribution in [2.45, 2.75) is 44.3 Å². The summed E-state index contributed by atoms with van der Waals surface area (Å²) in [7, 11) is 0. The Balaban J connectivity index is 1.36. The van der Waals surface area contributed by atoms with Crippen LogP contribution >= 0.6 is 11.3 Å². The van der Waals surface area contributed by atoms with Gasteiger partial charge in [0.25, 0.3) is 0 Å². The van der Waals surface area contributed by atoms with Crippen molar-refractivity contribution in [1.82, 2.24) is 9.88 Å². The molecule has 126 valence electrons. The lowest BCUT2D eigenvalue weighted by Gasteiger charge is -2.44. The molecule has 5 nitrogen and oxygen atoms in total. The Morgan fingerprint density at radius 1 is 1.48 bits per heavy atom. The molecule has 2 heterocycles. The molecule has 1 aromatic heterocycles. The number of morpholine rings is 1. The molecule has 1 saturated heterocycles. The van der Waals surface area contributed by atoms with Crippen LogP contribution in [0.1, 0.15) is 37.1 Å². The number of ether oxygens (including phenoxy) is 2. The Kier molecular flexibility index (Phi) is 4.39. The van der Waals surface area contributed by atoms with E-state index >= 15 is 0 Å². The third-order valence-corrected chi connectivity index (χ3v) is 6.13. The molecule has 2 atom stereocenters. The van der Waals surface area contributed by atoms with Crippen molar-refractivity contribution in [1.29, 1.82) is 0 Å². The molecule has 23 heavy (non-hydrogen) atoms. The van der Waals surface area contributed by atoms with Crippen molar-refractivity contribution < 1.29 is 14.3 Å². The van der Waals surface area contributed by atoms with Crippen LogP contribution in [0.25, 0.3) is 0 Å². The number of aromatic nitrogens is 1. The maximum absolute atomic E-state index is 12.4. The fraction of sp³-hybridized carbons (Fsp3) is 0.765. The molecule has 3 fully saturated rings. The first-order valence-electron chi connectivity index (χ1n) is 8.66. The molecule has 1 spiro atoms. The first kappa shape index (κ1) is 15.5. The van der Waals surface area contributed by atoms with Gasteiger partial charge in [0.1, 0.15) is 5.01 Å². The van der Waals surface area contributed by atoms with Crippen LogP contribution in [-0.4, -0.2) is 47.7 Å². The largest absolute Gasteiger partial charge is 0.374 e. The Bertz CT molecular complexity index is 546. The molecule has 0 aromatic carbocycles. The zero-order valence-electron chi connectivity index (χ0n) is 13.4. The highest BCUT2D eigenvalue weighted by Gasteiger charge is 2.49. The van der Waals surface area contributed by atoms with E-state index in [-0.39, 0.29) is 5.60 Å². The zero-order chi connectivity index (χ0) is 15.7. The maximum Gasteiger partial charge on any atom is 0.225 e. The van der Waals surface area contributed by atoms with E-state index in [0.717, 1.165) is 50.2 Å².